The summed E-state index contributed by atoms with van der Waals surface area (Å²) in [7, 11) is 0. The number of carboxylic acids is 1. The number of amides is 3. The highest BCUT2D eigenvalue weighted by atomic mass is 32.2. The number of carbonyl (C=O) groups excluding carboxylic acids is 3. The lowest BCUT2D eigenvalue weighted by atomic mass is 9.97. The first kappa shape index (κ1) is 28.2. The molecule has 0 saturated carbocycles. The van der Waals surface area contributed by atoms with Gasteiger partial charge < -0.3 is 26.8 Å². The van der Waals surface area contributed by atoms with E-state index in [1.165, 1.54) is 18.7 Å². The van der Waals surface area contributed by atoms with E-state index in [4.69, 9.17) is 5.73 Å². The molecule has 0 aliphatic carbocycles. The summed E-state index contributed by atoms with van der Waals surface area (Å²) in [6.45, 7) is 8.84. The summed E-state index contributed by atoms with van der Waals surface area (Å²) in [5.41, 5.74) is 5.60. The van der Waals surface area contributed by atoms with E-state index < -0.39 is 47.9 Å². The SMILES string of the molecule is CCC(C)C(NC(=O)C(CCSC)NC(=O)C(NC(=O)C(C)N)C(C)CC)C(=O)O. The van der Waals surface area contributed by atoms with E-state index in [0.717, 1.165) is 0 Å². The fourth-order valence-corrected chi connectivity index (χ4v) is 3.16. The van der Waals surface area contributed by atoms with E-state index in [0.29, 0.717) is 25.0 Å². The summed E-state index contributed by atoms with van der Waals surface area (Å²) in [4.78, 5) is 49.3. The standard InChI is InChI=1S/C20H38N4O5S/c1-7-11(3)15(23-17(25)13(5)21)19(27)22-14(9-10-30-6)18(26)24-16(20(28)29)12(4)8-2/h11-16H,7-10,21H2,1-6H3,(H,22,27)(H,23,25)(H,24,26)(H,28,29). The molecule has 9 nitrogen and oxygen atoms in total. The highest BCUT2D eigenvalue weighted by molar-refractivity contribution is 7.98. The van der Waals surface area contributed by atoms with Crippen LogP contribution in [0.15, 0.2) is 0 Å². The van der Waals surface area contributed by atoms with Crippen LogP contribution in [0.4, 0.5) is 0 Å². The fraction of sp³-hybridized carbons (Fsp3) is 0.800. The lowest BCUT2D eigenvalue weighted by molar-refractivity contribution is -0.144. The Morgan fingerprint density at radius 2 is 1.37 bits per heavy atom. The third-order valence-corrected chi connectivity index (χ3v) is 5.87. The number of hydrogen-bond acceptors (Lipinski definition) is 6. The quantitative estimate of drug-likeness (QED) is 0.264. The molecule has 0 aromatic heterocycles. The van der Waals surface area contributed by atoms with Gasteiger partial charge in [0.1, 0.15) is 18.1 Å². The van der Waals surface area contributed by atoms with Crippen molar-refractivity contribution >= 4 is 35.5 Å². The van der Waals surface area contributed by atoms with Gasteiger partial charge in [0.25, 0.3) is 0 Å². The third kappa shape index (κ3) is 9.34. The largest absolute Gasteiger partial charge is 0.480 e. The monoisotopic (exact) mass is 446 g/mol. The molecule has 0 fully saturated rings. The molecule has 0 aliphatic heterocycles. The van der Waals surface area contributed by atoms with Crippen molar-refractivity contribution in [1.82, 2.24) is 16.0 Å². The van der Waals surface area contributed by atoms with Gasteiger partial charge in [-0.3, -0.25) is 14.4 Å². The van der Waals surface area contributed by atoms with Crippen LogP contribution in [0.1, 0.15) is 53.9 Å². The Morgan fingerprint density at radius 3 is 1.80 bits per heavy atom. The number of hydrogen-bond donors (Lipinski definition) is 5. The van der Waals surface area contributed by atoms with Crippen LogP contribution in [0.25, 0.3) is 0 Å². The minimum atomic E-state index is -1.12. The smallest absolute Gasteiger partial charge is 0.326 e. The molecule has 0 spiro atoms. The lowest BCUT2D eigenvalue weighted by Crippen LogP contribution is -2.59. The van der Waals surface area contributed by atoms with Crippen molar-refractivity contribution in [3.05, 3.63) is 0 Å². The highest BCUT2D eigenvalue weighted by Gasteiger charge is 2.32. The molecular weight excluding hydrogens is 408 g/mol. The van der Waals surface area contributed by atoms with E-state index in [-0.39, 0.29) is 11.8 Å². The number of thioether (sulfide) groups is 1. The van der Waals surface area contributed by atoms with E-state index in [9.17, 15) is 24.3 Å². The average Bonchev–Trinajstić information content (AvgIpc) is 2.70. The van der Waals surface area contributed by atoms with Crippen LogP contribution in [0.3, 0.4) is 0 Å². The molecule has 10 heteroatoms. The zero-order chi connectivity index (χ0) is 23.4. The van der Waals surface area contributed by atoms with E-state index in [2.05, 4.69) is 16.0 Å². The maximum atomic E-state index is 12.9. The summed E-state index contributed by atoms with van der Waals surface area (Å²) < 4.78 is 0. The molecule has 0 aromatic rings. The zero-order valence-electron chi connectivity index (χ0n) is 18.9. The Bertz CT molecular complexity index is 588. The van der Waals surface area contributed by atoms with Gasteiger partial charge in [0.2, 0.25) is 17.7 Å². The molecule has 6 N–H and O–H groups in total. The van der Waals surface area contributed by atoms with Crippen molar-refractivity contribution in [3.63, 3.8) is 0 Å². The Labute approximate surface area is 183 Å². The minimum Gasteiger partial charge on any atom is -0.480 e. The molecule has 6 atom stereocenters. The molecular formula is C20H38N4O5S. The second-order valence-corrected chi connectivity index (χ2v) is 8.70. The Hall–Kier alpha value is -1.81. The Kier molecular flexibility index (Phi) is 13.4. The molecule has 0 radical (unpaired) electrons. The number of rotatable bonds is 14. The van der Waals surface area contributed by atoms with Gasteiger partial charge in [-0.1, -0.05) is 40.5 Å². The van der Waals surface area contributed by atoms with Gasteiger partial charge in [-0.15, -0.1) is 0 Å². The van der Waals surface area contributed by atoms with Crippen molar-refractivity contribution in [2.24, 2.45) is 17.6 Å². The maximum Gasteiger partial charge on any atom is 0.326 e. The maximum absolute atomic E-state index is 12.9. The first-order chi connectivity index (χ1) is 14.0. The van der Waals surface area contributed by atoms with Gasteiger partial charge in [0, 0.05) is 0 Å². The predicted molar refractivity (Wildman–Crippen MR) is 119 cm³/mol. The van der Waals surface area contributed by atoms with Gasteiger partial charge in [0.15, 0.2) is 0 Å². The zero-order valence-corrected chi connectivity index (χ0v) is 19.7. The summed E-state index contributed by atoms with van der Waals surface area (Å²) in [6, 6.07) is -3.57. The fourth-order valence-electron chi connectivity index (χ4n) is 2.69. The molecule has 0 rings (SSSR count). The number of carbonyl (C=O) groups is 4. The molecule has 0 aromatic carbocycles. The minimum absolute atomic E-state index is 0.177. The summed E-state index contributed by atoms with van der Waals surface area (Å²) in [5.74, 6) is -2.45. The second-order valence-electron chi connectivity index (χ2n) is 7.71. The van der Waals surface area contributed by atoms with Crippen LogP contribution in [0, 0.1) is 11.8 Å². The number of aliphatic carboxylic acids is 1. The first-order valence-electron chi connectivity index (χ1n) is 10.4. The summed E-state index contributed by atoms with van der Waals surface area (Å²) in [5, 5.41) is 17.3. The molecule has 3 amide bonds. The van der Waals surface area contributed by atoms with Crippen molar-refractivity contribution in [2.45, 2.75) is 78.0 Å². The number of nitrogens with two attached hydrogens (primary N) is 1. The van der Waals surface area contributed by atoms with Crippen LogP contribution in [0.2, 0.25) is 0 Å². The van der Waals surface area contributed by atoms with Gasteiger partial charge in [-0.2, -0.15) is 11.8 Å². The van der Waals surface area contributed by atoms with Crippen LogP contribution in [-0.4, -0.2) is 65.0 Å². The Morgan fingerprint density at radius 1 is 0.867 bits per heavy atom. The second kappa shape index (κ2) is 14.2. The van der Waals surface area contributed by atoms with E-state index >= 15 is 0 Å². The van der Waals surface area contributed by atoms with Crippen LogP contribution in [0.5, 0.6) is 0 Å². The molecule has 174 valence electrons. The predicted octanol–water partition coefficient (Wildman–Crippen LogP) is 0.718. The number of carboxylic acid groups (broad SMARTS) is 1. The molecule has 6 unspecified atom stereocenters. The van der Waals surface area contributed by atoms with Crippen molar-refractivity contribution < 1.29 is 24.3 Å². The van der Waals surface area contributed by atoms with Crippen LogP contribution >= 0.6 is 11.8 Å². The van der Waals surface area contributed by atoms with Crippen LogP contribution < -0.4 is 21.7 Å². The molecule has 0 aliphatic rings. The first-order valence-corrected chi connectivity index (χ1v) is 11.8. The highest BCUT2D eigenvalue weighted by Crippen LogP contribution is 2.12. The van der Waals surface area contributed by atoms with Crippen molar-refractivity contribution in [3.8, 4) is 0 Å². The van der Waals surface area contributed by atoms with Crippen LogP contribution in [-0.2, 0) is 19.2 Å². The van der Waals surface area contributed by atoms with Gasteiger partial charge >= 0.3 is 5.97 Å². The molecule has 0 bridgehead atoms. The van der Waals surface area contributed by atoms with Crippen molar-refractivity contribution in [2.75, 3.05) is 12.0 Å². The van der Waals surface area contributed by atoms with Gasteiger partial charge in [-0.25, -0.2) is 4.79 Å². The molecule has 0 heterocycles. The topological polar surface area (TPSA) is 151 Å². The molecule has 0 saturated heterocycles. The number of nitrogens with one attached hydrogen (secondary N) is 3. The lowest BCUT2D eigenvalue weighted by Gasteiger charge is -2.28. The Balaban J connectivity index is 5.48. The van der Waals surface area contributed by atoms with E-state index in [1.54, 1.807) is 6.92 Å². The summed E-state index contributed by atoms with van der Waals surface area (Å²) >= 11 is 1.51. The van der Waals surface area contributed by atoms with E-state index in [1.807, 2.05) is 27.0 Å². The van der Waals surface area contributed by atoms with Crippen molar-refractivity contribution in [1.29, 1.82) is 0 Å². The molecule has 30 heavy (non-hydrogen) atoms. The summed E-state index contributed by atoms with van der Waals surface area (Å²) in [6.07, 6.45) is 3.42. The third-order valence-electron chi connectivity index (χ3n) is 5.23. The van der Waals surface area contributed by atoms with Gasteiger partial charge in [0.05, 0.1) is 6.04 Å². The average molecular weight is 447 g/mol. The van der Waals surface area contributed by atoms with Gasteiger partial charge in [-0.05, 0) is 37.2 Å². The normalized spacial score (nSPS) is 17.0.